The molecule has 0 aliphatic rings. The van der Waals surface area contributed by atoms with E-state index < -0.39 is 11.9 Å². The summed E-state index contributed by atoms with van der Waals surface area (Å²) in [6, 6.07) is -0.795. The Kier molecular flexibility index (Phi) is 4.98. The summed E-state index contributed by atoms with van der Waals surface area (Å²) in [5.74, 6) is 9.44. The highest BCUT2D eigenvalue weighted by Gasteiger charge is 2.14. The lowest BCUT2D eigenvalue weighted by molar-refractivity contribution is -0.128. The van der Waals surface area contributed by atoms with Gasteiger partial charge in [0.25, 0.3) is 0 Å². The molecule has 0 aromatic rings. The third-order valence-electron chi connectivity index (χ3n) is 1.36. The Morgan fingerprint density at radius 2 is 2.08 bits per heavy atom. The van der Waals surface area contributed by atoms with Crippen molar-refractivity contribution in [1.29, 1.82) is 0 Å². The zero-order valence-electron chi connectivity index (χ0n) is 7.04. The second kappa shape index (κ2) is 5.50. The molecular formula is C6H14N4O2. The monoisotopic (exact) mass is 174 g/mol. The first-order valence-corrected chi connectivity index (χ1v) is 3.71. The third-order valence-corrected chi connectivity index (χ3v) is 1.36. The first kappa shape index (κ1) is 10.9. The summed E-state index contributed by atoms with van der Waals surface area (Å²) in [4.78, 5) is 21.6. The number of nitrogens with two attached hydrogens (primary N) is 2. The maximum absolute atomic E-state index is 11.0. The normalized spacial score (nSPS) is 9.25. The van der Waals surface area contributed by atoms with Crippen molar-refractivity contribution in [3.63, 3.8) is 0 Å². The van der Waals surface area contributed by atoms with Gasteiger partial charge in [0, 0.05) is 6.42 Å². The van der Waals surface area contributed by atoms with Gasteiger partial charge < -0.3 is 0 Å². The predicted molar refractivity (Wildman–Crippen MR) is 43.3 cm³/mol. The standard InChI is InChI=1S/C6H14N4O2/c1-2-3-4-5(11)10(8)6(12)9-7/h2-4,7-8H2,1H3,(H,9,12). The quantitative estimate of drug-likeness (QED) is 0.304. The molecule has 0 fully saturated rings. The van der Waals surface area contributed by atoms with Crippen LogP contribution in [0.4, 0.5) is 4.79 Å². The summed E-state index contributed by atoms with van der Waals surface area (Å²) < 4.78 is 0. The van der Waals surface area contributed by atoms with E-state index in [0.29, 0.717) is 11.4 Å². The van der Waals surface area contributed by atoms with E-state index in [4.69, 9.17) is 11.7 Å². The van der Waals surface area contributed by atoms with Crippen LogP contribution in [0.25, 0.3) is 0 Å². The number of carbonyl (C=O) groups is 2. The maximum Gasteiger partial charge on any atom is 0.352 e. The molecule has 0 saturated carbocycles. The number of hydrogen-bond donors (Lipinski definition) is 3. The van der Waals surface area contributed by atoms with Crippen LogP contribution in [-0.2, 0) is 4.79 Å². The van der Waals surface area contributed by atoms with Crippen molar-refractivity contribution in [2.75, 3.05) is 0 Å². The van der Waals surface area contributed by atoms with Gasteiger partial charge in [-0.3, -0.25) is 10.2 Å². The van der Waals surface area contributed by atoms with Gasteiger partial charge in [0.05, 0.1) is 0 Å². The van der Waals surface area contributed by atoms with Gasteiger partial charge >= 0.3 is 6.03 Å². The van der Waals surface area contributed by atoms with Gasteiger partial charge in [-0.2, -0.15) is 5.01 Å². The lowest BCUT2D eigenvalue weighted by Crippen LogP contribution is -2.50. The molecule has 0 aromatic carbocycles. The van der Waals surface area contributed by atoms with Crippen molar-refractivity contribution in [3.05, 3.63) is 0 Å². The number of urea groups is 1. The summed E-state index contributed by atoms with van der Waals surface area (Å²) in [6.45, 7) is 1.94. The maximum atomic E-state index is 11.0. The molecule has 0 rings (SSSR count). The van der Waals surface area contributed by atoms with Crippen LogP contribution in [0.15, 0.2) is 0 Å². The highest BCUT2D eigenvalue weighted by Crippen LogP contribution is 1.96. The molecule has 3 amide bonds. The molecular weight excluding hydrogens is 160 g/mol. The van der Waals surface area contributed by atoms with Crippen LogP contribution in [-0.4, -0.2) is 16.9 Å². The van der Waals surface area contributed by atoms with Crippen LogP contribution >= 0.6 is 0 Å². The average molecular weight is 174 g/mol. The second-order valence-electron chi connectivity index (χ2n) is 2.32. The summed E-state index contributed by atoms with van der Waals surface area (Å²) in [5, 5.41) is 0.482. The van der Waals surface area contributed by atoms with Gasteiger partial charge in [-0.1, -0.05) is 13.3 Å². The summed E-state index contributed by atoms with van der Waals surface area (Å²) >= 11 is 0. The minimum Gasteiger partial charge on any atom is -0.274 e. The molecule has 5 N–H and O–H groups in total. The lowest BCUT2D eigenvalue weighted by atomic mass is 10.2. The number of unbranched alkanes of at least 4 members (excludes halogenated alkanes) is 1. The van der Waals surface area contributed by atoms with Gasteiger partial charge in [0.15, 0.2) is 0 Å². The van der Waals surface area contributed by atoms with Gasteiger partial charge in [0.1, 0.15) is 0 Å². The van der Waals surface area contributed by atoms with E-state index in [9.17, 15) is 9.59 Å². The first-order chi connectivity index (χ1) is 5.63. The molecule has 0 aromatic heterocycles. The Morgan fingerprint density at radius 1 is 1.50 bits per heavy atom. The van der Waals surface area contributed by atoms with Crippen LogP contribution in [0.5, 0.6) is 0 Å². The molecule has 0 aliphatic carbocycles. The van der Waals surface area contributed by atoms with E-state index in [-0.39, 0.29) is 6.42 Å². The minimum absolute atomic E-state index is 0.264. The molecule has 0 unspecified atom stereocenters. The van der Waals surface area contributed by atoms with E-state index >= 15 is 0 Å². The molecule has 70 valence electrons. The second-order valence-corrected chi connectivity index (χ2v) is 2.32. The van der Waals surface area contributed by atoms with Crippen molar-refractivity contribution < 1.29 is 9.59 Å². The molecule has 12 heavy (non-hydrogen) atoms. The van der Waals surface area contributed by atoms with E-state index in [0.717, 1.165) is 6.42 Å². The molecule has 0 spiro atoms. The third kappa shape index (κ3) is 3.31. The number of amides is 3. The van der Waals surface area contributed by atoms with Gasteiger partial charge in [-0.25, -0.2) is 16.5 Å². The lowest BCUT2D eigenvalue weighted by Gasteiger charge is -2.12. The van der Waals surface area contributed by atoms with Crippen LogP contribution in [0, 0.1) is 0 Å². The van der Waals surface area contributed by atoms with Crippen molar-refractivity contribution in [3.8, 4) is 0 Å². The van der Waals surface area contributed by atoms with Crippen molar-refractivity contribution in [2.24, 2.45) is 11.7 Å². The number of rotatable bonds is 3. The molecule has 0 aliphatic heterocycles. The largest absolute Gasteiger partial charge is 0.352 e. The molecule has 6 heteroatoms. The number of nitrogens with one attached hydrogen (secondary N) is 1. The molecule has 0 radical (unpaired) electrons. The Balaban J connectivity index is 3.84. The molecule has 0 heterocycles. The van der Waals surface area contributed by atoms with Crippen molar-refractivity contribution in [2.45, 2.75) is 26.2 Å². The fourth-order valence-electron chi connectivity index (χ4n) is 0.631. The van der Waals surface area contributed by atoms with Crippen LogP contribution in [0.1, 0.15) is 26.2 Å². The van der Waals surface area contributed by atoms with Crippen LogP contribution in [0.2, 0.25) is 0 Å². The Morgan fingerprint density at radius 3 is 2.50 bits per heavy atom. The topological polar surface area (TPSA) is 101 Å². The first-order valence-electron chi connectivity index (χ1n) is 3.71. The predicted octanol–water partition coefficient (Wildman–Crippen LogP) is -0.538. The zero-order valence-corrected chi connectivity index (χ0v) is 7.04. The zero-order chi connectivity index (χ0) is 9.56. The molecule has 0 saturated heterocycles. The average Bonchev–Trinajstić information content (AvgIpc) is 2.11. The van der Waals surface area contributed by atoms with E-state index in [2.05, 4.69) is 0 Å². The highest BCUT2D eigenvalue weighted by molar-refractivity contribution is 5.93. The molecule has 0 bridgehead atoms. The van der Waals surface area contributed by atoms with E-state index in [1.165, 1.54) is 0 Å². The number of carbonyl (C=O) groups excluding carboxylic acids is 2. The smallest absolute Gasteiger partial charge is 0.274 e. The number of hydrazine groups is 2. The number of imide groups is 1. The van der Waals surface area contributed by atoms with Gasteiger partial charge in [0.2, 0.25) is 5.91 Å². The Bertz CT molecular complexity index is 171. The van der Waals surface area contributed by atoms with E-state index in [1.807, 2.05) is 6.92 Å². The van der Waals surface area contributed by atoms with E-state index in [1.54, 1.807) is 5.43 Å². The van der Waals surface area contributed by atoms with Crippen molar-refractivity contribution >= 4 is 11.9 Å². The fraction of sp³-hybridized carbons (Fsp3) is 0.667. The summed E-state index contributed by atoms with van der Waals surface area (Å²) in [7, 11) is 0. The Hall–Kier alpha value is -1.14. The fourth-order valence-corrected chi connectivity index (χ4v) is 0.631. The van der Waals surface area contributed by atoms with Gasteiger partial charge in [-0.05, 0) is 6.42 Å². The molecule has 0 atom stereocenters. The molecule has 6 nitrogen and oxygen atoms in total. The summed E-state index contributed by atoms with van der Waals surface area (Å²) in [6.07, 6.45) is 1.86. The van der Waals surface area contributed by atoms with Gasteiger partial charge in [-0.15, -0.1) is 0 Å². The Labute approximate surface area is 70.8 Å². The number of hydrogen-bond acceptors (Lipinski definition) is 4. The van der Waals surface area contributed by atoms with Crippen LogP contribution in [0.3, 0.4) is 0 Å². The van der Waals surface area contributed by atoms with Crippen molar-refractivity contribution in [1.82, 2.24) is 10.4 Å². The highest BCUT2D eigenvalue weighted by atomic mass is 16.2. The van der Waals surface area contributed by atoms with Crippen LogP contribution < -0.4 is 17.1 Å². The SMILES string of the molecule is CCCCC(=O)N(N)C(=O)NN. The number of nitrogens with zero attached hydrogens (tertiary/aromatic N) is 1. The minimum atomic E-state index is -0.795. The summed E-state index contributed by atoms with van der Waals surface area (Å²) in [5.41, 5.74) is 1.76.